The minimum atomic E-state index is 0.804. The molecule has 1 aromatic carbocycles. The summed E-state index contributed by atoms with van der Waals surface area (Å²) in [5.74, 6) is 1.10. The van der Waals surface area contributed by atoms with Crippen molar-refractivity contribution in [2.24, 2.45) is 0 Å². The first kappa shape index (κ1) is 15.1. The molecule has 108 valence electrons. The van der Waals surface area contributed by atoms with Gasteiger partial charge in [-0.2, -0.15) is 0 Å². The first-order valence-corrected chi connectivity index (χ1v) is 7.66. The summed E-state index contributed by atoms with van der Waals surface area (Å²) in [5.41, 5.74) is 1.33. The second-order valence-corrected chi connectivity index (χ2v) is 5.41. The van der Waals surface area contributed by atoms with Gasteiger partial charge in [-0.15, -0.1) is 0 Å². The number of hydrogen-bond donors (Lipinski definition) is 2. The molecule has 2 rings (SSSR count). The van der Waals surface area contributed by atoms with Crippen LogP contribution in [0.5, 0.6) is 0 Å². The molecule has 2 N–H and O–H groups in total. The van der Waals surface area contributed by atoms with Crippen LogP contribution in [0.25, 0.3) is 0 Å². The van der Waals surface area contributed by atoms with Crippen LogP contribution in [0.15, 0.2) is 36.7 Å². The summed E-state index contributed by atoms with van der Waals surface area (Å²) >= 11 is 5.86. The Hall–Kier alpha value is -1.32. The molecule has 0 unspecified atom stereocenters. The number of imidazole rings is 1. The Morgan fingerprint density at radius 3 is 2.60 bits per heavy atom. The average molecular weight is 292 g/mol. The Bertz CT molecular complexity index is 465. The predicted octanol–water partition coefficient (Wildman–Crippen LogP) is 3.61. The number of benzene rings is 1. The maximum absolute atomic E-state index is 5.86. The van der Waals surface area contributed by atoms with Crippen molar-refractivity contribution in [3.8, 4) is 0 Å². The van der Waals surface area contributed by atoms with Crippen molar-refractivity contribution < 1.29 is 0 Å². The third-order valence-corrected chi connectivity index (χ3v) is 3.58. The van der Waals surface area contributed by atoms with Gasteiger partial charge in [-0.25, -0.2) is 4.98 Å². The minimum absolute atomic E-state index is 0.804. The molecular weight excluding hydrogens is 270 g/mol. The standard InChI is InChI=1S/C16H22ClN3/c17-15-7-5-14(6-8-15)9-11-18-10-3-1-2-4-16-19-12-13-20-16/h5-8,12-13,18H,1-4,9-11H2,(H,19,20). The Balaban J connectivity index is 1.44. The largest absolute Gasteiger partial charge is 0.349 e. The number of rotatable bonds is 9. The van der Waals surface area contributed by atoms with Crippen LogP contribution >= 0.6 is 11.6 Å². The van der Waals surface area contributed by atoms with Crippen molar-refractivity contribution >= 4 is 11.6 Å². The molecule has 3 nitrogen and oxygen atoms in total. The Morgan fingerprint density at radius 1 is 1.00 bits per heavy atom. The zero-order chi connectivity index (χ0) is 14.0. The molecule has 0 amide bonds. The molecular formula is C16H22ClN3. The molecule has 0 spiro atoms. The van der Waals surface area contributed by atoms with E-state index in [-0.39, 0.29) is 0 Å². The van der Waals surface area contributed by atoms with Gasteiger partial charge in [-0.05, 0) is 50.0 Å². The number of H-pyrrole nitrogens is 1. The van der Waals surface area contributed by atoms with Crippen molar-refractivity contribution in [1.82, 2.24) is 15.3 Å². The molecule has 0 radical (unpaired) electrons. The average Bonchev–Trinajstić information content (AvgIpc) is 2.97. The van der Waals surface area contributed by atoms with E-state index in [0.29, 0.717) is 0 Å². The third-order valence-electron chi connectivity index (χ3n) is 3.33. The number of hydrogen-bond acceptors (Lipinski definition) is 2. The fourth-order valence-corrected chi connectivity index (χ4v) is 2.29. The smallest absolute Gasteiger partial charge is 0.105 e. The quantitative estimate of drug-likeness (QED) is 0.693. The van der Waals surface area contributed by atoms with Crippen molar-refractivity contribution in [3.05, 3.63) is 53.1 Å². The number of aromatic amines is 1. The van der Waals surface area contributed by atoms with Crippen LogP contribution in [0.4, 0.5) is 0 Å². The summed E-state index contributed by atoms with van der Waals surface area (Å²) in [4.78, 5) is 7.36. The molecule has 0 atom stereocenters. The van der Waals surface area contributed by atoms with Crippen molar-refractivity contribution in [2.45, 2.75) is 32.1 Å². The van der Waals surface area contributed by atoms with Crippen LogP contribution < -0.4 is 5.32 Å². The molecule has 0 saturated carbocycles. The highest BCUT2D eigenvalue weighted by Crippen LogP contribution is 2.09. The Labute approximate surface area is 125 Å². The van der Waals surface area contributed by atoms with Gasteiger partial charge in [0.25, 0.3) is 0 Å². The maximum Gasteiger partial charge on any atom is 0.105 e. The highest BCUT2D eigenvalue weighted by atomic mass is 35.5. The number of aryl methyl sites for hydroxylation is 1. The van der Waals surface area contributed by atoms with Crippen LogP contribution in [0.2, 0.25) is 5.02 Å². The highest BCUT2D eigenvalue weighted by Gasteiger charge is 1.96. The van der Waals surface area contributed by atoms with E-state index in [1.807, 2.05) is 24.5 Å². The lowest BCUT2D eigenvalue weighted by molar-refractivity contribution is 0.599. The van der Waals surface area contributed by atoms with E-state index in [4.69, 9.17) is 11.6 Å². The lowest BCUT2D eigenvalue weighted by atomic mass is 10.1. The lowest BCUT2D eigenvalue weighted by Crippen LogP contribution is -2.18. The van der Waals surface area contributed by atoms with Gasteiger partial charge in [0.15, 0.2) is 0 Å². The first-order valence-electron chi connectivity index (χ1n) is 7.28. The molecule has 20 heavy (non-hydrogen) atoms. The summed E-state index contributed by atoms with van der Waals surface area (Å²) in [6.07, 6.45) is 9.48. The summed E-state index contributed by atoms with van der Waals surface area (Å²) in [6, 6.07) is 8.08. The van der Waals surface area contributed by atoms with Gasteiger partial charge in [-0.3, -0.25) is 0 Å². The number of nitrogens with one attached hydrogen (secondary N) is 2. The molecule has 2 aromatic rings. The van der Waals surface area contributed by atoms with E-state index in [1.54, 1.807) is 0 Å². The maximum atomic E-state index is 5.86. The van der Waals surface area contributed by atoms with Gasteiger partial charge in [0.2, 0.25) is 0 Å². The third kappa shape index (κ3) is 5.76. The van der Waals surface area contributed by atoms with E-state index in [9.17, 15) is 0 Å². The molecule has 0 aliphatic carbocycles. The van der Waals surface area contributed by atoms with E-state index in [1.165, 1.54) is 24.8 Å². The van der Waals surface area contributed by atoms with Crippen LogP contribution in [0, 0.1) is 0 Å². The van der Waals surface area contributed by atoms with Crippen molar-refractivity contribution in [2.75, 3.05) is 13.1 Å². The zero-order valence-electron chi connectivity index (χ0n) is 11.7. The first-order chi connectivity index (χ1) is 9.84. The summed E-state index contributed by atoms with van der Waals surface area (Å²) < 4.78 is 0. The molecule has 1 heterocycles. The van der Waals surface area contributed by atoms with Gasteiger partial charge < -0.3 is 10.3 Å². The predicted molar refractivity (Wildman–Crippen MR) is 84.2 cm³/mol. The Morgan fingerprint density at radius 2 is 1.85 bits per heavy atom. The van der Waals surface area contributed by atoms with E-state index < -0.39 is 0 Å². The van der Waals surface area contributed by atoms with Crippen molar-refractivity contribution in [3.63, 3.8) is 0 Å². The number of unbranched alkanes of at least 4 members (excludes halogenated alkanes) is 2. The van der Waals surface area contributed by atoms with Crippen LogP contribution in [-0.4, -0.2) is 23.1 Å². The SMILES string of the molecule is Clc1ccc(CCNCCCCCc2ncc[nH]2)cc1. The fourth-order valence-electron chi connectivity index (χ4n) is 2.16. The van der Waals surface area contributed by atoms with Gasteiger partial charge in [-0.1, -0.05) is 30.2 Å². The van der Waals surface area contributed by atoms with Crippen LogP contribution in [0.3, 0.4) is 0 Å². The van der Waals surface area contributed by atoms with Crippen LogP contribution in [-0.2, 0) is 12.8 Å². The normalized spacial score (nSPS) is 10.8. The zero-order valence-corrected chi connectivity index (χ0v) is 12.5. The van der Waals surface area contributed by atoms with Gasteiger partial charge in [0.1, 0.15) is 5.82 Å². The molecule has 0 bridgehead atoms. The van der Waals surface area contributed by atoms with Gasteiger partial charge in [0.05, 0.1) is 0 Å². The minimum Gasteiger partial charge on any atom is -0.349 e. The van der Waals surface area contributed by atoms with E-state index in [0.717, 1.165) is 36.8 Å². The summed E-state index contributed by atoms with van der Waals surface area (Å²) in [5, 5.41) is 4.29. The molecule has 1 aromatic heterocycles. The fraction of sp³-hybridized carbons (Fsp3) is 0.438. The lowest BCUT2D eigenvalue weighted by Gasteiger charge is -2.05. The van der Waals surface area contributed by atoms with Crippen LogP contribution in [0.1, 0.15) is 30.7 Å². The molecule has 4 heteroatoms. The second kappa shape index (κ2) is 8.77. The van der Waals surface area contributed by atoms with Crippen molar-refractivity contribution in [1.29, 1.82) is 0 Å². The monoisotopic (exact) mass is 291 g/mol. The second-order valence-electron chi connectivity index (χ2n) is 4.97. The highest BCUT2D eigenvalue weighted by molar-refractivity contribution is 6.30. The summed E-state index contributed by atoms with van der Waals surface area (Å²) in [6.45, 7) is 2.12. The van der Waals surface area contributed by atoms with E-state index in [2.05, 4.69) is 27.4 Å². The topological polar surface area (TPSA) is 40.7 Å². The summed E-state index contributed by atoms with van der Waals surface area (Å²) in [7, 11) is 0. The number of nitrogens with zero attached hydrogens (tertiary/aromatic N) is 1. The van der Waals surface area contributed by atoms with Gasteiger partial charge >= 0.3 is 0 Å². The van der Waals surface area contributed by atoms with E-state index >= 15 is 0 Å². The van der Waals surface area contributed by atoms with Gasteiger partial charge in [0, 0.05) is 23.8 Å². The number of halogens is 1. The Kier molecular flexibility index (Phi) is 6.61. The molecule has 0 aliphatic rings. The molecule has 0 aliphatic heterocycles. The molecule has 0 fully saturated rings. The number of aromatic nitrogens is 2. The molecule has 0 saturated heterocycles.